The summed E-state index contributed by atoms with van der Waals surface area (Å²) in [4.78, 5) is 188. The van der Waals surface area contributed by atoms with Crippen molar-refractivity contribution in [1.82, 2.24) is 83.0 Å². The second-order valence-electron chi connectivity index (χ2n) is 26.6. The van der Waals surface area contributed by atoms with Crippen LogP contribution in [0.15, 0.2) is 91.8 Å². The third-order valence-corrected chi connectivity index (χ3v) is 18.2. The van der Waals surface area contributed by atoms with Crippen LogP contribution in [0.1, 0.15) is 122 Å². The molecular formula is C71H102CuN20O12. The van der Waals surface area contributed by atoms with Crippen LogP contribution in [0.3, 0.4) is 0 Å². The molecule has 32 nitrogen and oxygen atoms in total. The van der Waals surface area contributed by atoms with Crippen molar-refractivity contribution in [1.29, 1.82) is 0 Å². The molecule has 2 aliphatic rings. The topological polar surface area (TPSA) is 457 Å². The van der Waals surface area contributed by atoms with Crippen molar-refractivity contribution in [3.8, 4) is 0 Å². The maximum atomic E-state index is 14.4. The molecule has 16 N–H and O–H groups in total. The zero-order valence-corrected chi connectivity index (χ0v) is 60.5. The number of benzene rings is 1. The summed E-state index contributed by atoms with van der Waals surface area (Å²) in [5.41, 5.74) is 13.0. The Bertz CT molecular complexity index is 3570. The van der Waals surface area contributed by atoms with Crippen LogP contribution in [0.2, 0.25) is 0 Å². The Morgan fingerprint density at radius 1 is 0.558 bits per heavy atom. The van der Waals surface area contributed by atoms with Gasteiger partial charge in [0.25, 0.3) is 0 Å². The second kappa shape index (κ2) is 43.2. The number of imidazole rings is 1. The Balaban J connectivity index is 0.0000170. The average Bonchev–Trinajstić information content (AvgIpc) is 1.37. The number of nitrogens with one attached hydrogen (secondary N) is 12. The SMILES string of the molecule is CCCC[C@H](NC(=O)[C@H](CC1CCCCC1)NC(=O)C(Cc1cnc[nH]1)NC(=O)CNC(=O)[C@@H](NC(=O)[C@H](C)NC(=O)[C@H](Cc1c[nH]c2ccccc12)NC(=O)[C@H](CCC(N)=O)NC(=O)CCNC(=O)CCNC(=O)CN1CCN(c2ccccn2)CCN(c2ccccn2)CC1)C(C)C)C(N)=O.[64Cu]. The fourth-order valence-electron chi connectivity index (χ4n) is 12.4. The number of hydrogen-bond donors (Lipinski definition) is 14. The van der Waals surface area contributed by atoms with E-state index >= 15 is 0 Å². The molecule has 4 aromatic heterocycles. The summed E-state index contributed by atoms with van der Waals surface area (Å²) in [5.74, 6) is -7.12. The van der Waals surface area contributed by atoms with Crippen LogP contribution in [0, 0.1) is 11.8 Å². The Kier molecular flexibility index (Phi) is 34.4. The first kappa shape index (κ1) is 82.9. The summed E-state index contributed by atoms with van der Waals surface area (Å²) in [6, 6.07) is 9.95. The third-order valence-electron chi connectivity index (χ3n) is 18.2. The summed E-state index contributed by atoms with van der Waals surface area (Å²) in [6.07, 6.45) is 13.4. The number of nitrogens with two attached hydrogens (primary N) is 2. The summed E-state index contributed by atoms with van der Waals surface area (Å²) in [6.45, 7) is 9.66. The Morgan fingerprint density at radius 3 is 1.75 bits per heavy atom. The van der Waals surface area contributed by atoms with E-state index in [0.717, 1.165) is 61.1 Å². The quantitative estimate of drug-likeness (QED) is 0.0229. The molecule has 5 aromatic rings. The predicted molar refractivity (Wildman–Crippen MR) is 384 cm³/mol. The molecule has 1 saturated carbocycles. The fraction of sp³-hybridized carbons (Fsp3) is 0.535. The molecule has 33 heteroatoms. The number of anilines is 2. The van der Waals surface area contributed by atoms with Crippen LogP contribution in [0.5, 0.6) is 0 Å². The van der Waals surface area contributed by atoms with E-state index in [0.29, 0.717) is 63.4 Å². The number of primary amides is 2. The standard InChI is InChI=1S/C71H102N20O12.Cu/c1-5-6-19-52(65(73)97)85-69(101)54(37-47-16-8-7-9-17-47)86-70(102)56(39-49-41-74-44-81-49)84-62(95)42-80-71(103)64(45(2)3)88-66(98)46(4)82-68(100)55(38-48-40-79-51-20-11-10-18-50(48)51)87-67(99)53(23-24-57(72)92)83-61(94)26-30-77-60(93)25-29-78-63(96)43-89-31-33-90(58-21-12-14-27-75-58)35-36-91(34-32-89)59-22-13-15-28-76-59;/h10-15,18,20-22,27-28,40-41,44-47,52-56,64,79H,5-9,16-17,19,23-26,29-39,42-43H2,1-4H3,(H2,72,92)(H2,73,97)(H,74,81)(H,77,93)(H,78,96)(H,80,103)(H,82,100)(H,83,94)(H,84,95)(H,85,101)(H,86,102)(H,87,99)(H,88,98);/t46-,52-,53-,54-,55-,56?,64-;/m0./s1/i;1+0. The molecule has 1 aliphatic heterocycles. The number of rotatable bonds is 39. The van der Waals surface area contributed by atoms with Crippen LogP contribution in [-0.2, 0) is 87.4 Å². The molecule has 1 saturated heterocycles. The number of carbonyl (C=O) groups excluding carboxylic acids is 12. The van der Waals surface area contributed by atoms with Crippen molar-refractivity contribution in [2.45, 2.75) is 166 Å². The van der Waals surface area contributed by atoms with Gasteiger partial charge in [-0.2, -0.15) is 0 Å². The van der Waals surface area contributed by atoms with Gasteiger partial charge in [0.1, 0.15) is 53.9 Å². The van der Waals surface area contributed by atoms with E-state index in [4.69, 9.17) is 11.5 Å². The van der Waals surface area contributed by atoms with Crippen molar-refractivity contribution in [2.24, 2.45) is 23.3 Å². The maximum absolute atomic E-state index is 14.4. The molecular weight excluding hydrogens is 1390 g/mol. The van der Waals surface area contributed by atoms with Gasteiger partial charge in [-0.3, -0.25) is 62.4 Å². The van der Waals surface area contributed by atoms with Crippen LogP contribution in [0.25, 0.3) is 10.9 Å². The molecule has 1 aliphatic carbocycles. The first-order valence-corrected chi connectivity index (χ1v) is 35.6. The summed E-state index contributed by atoms with van der Waals surface area (Å²) < 4.78 is 0. The molecule has 12 amide bonds. The van der Waals surface area contributed by atoms with Crippen molar-refractivity contribution in [2.75, 3.05) is 75.2 Å². The maximum Gasteiger partial charge on any atom is 0.243 e. The van der Waals surface area contributed by atoms with Gasteiger partial charge in [-0.25, -0.2) is 15.0 Å². The first-order chi connectivity index (χ1) is 49.5. The molecule has 569 valence electrons. The van der Waals surface area contributed by atoms with Gasteiger partial charge in [0.15, 0.2) is 0 Å². The second-order valence-corrected chi connectivity index (χ2v) is 26.6. The number of carbonyl (C=O) groups is 12. The molecule has 1 radical (unpaired) electrons. The normalized spacial score (nSPS) is 15.6. The van der Waals surface area contributed by atoms with Gasteiger partial charge in [-0.05, 0) is 73.9 Å². The summed E-state index contributed by atoms with van der Waals surface area (Å²) >= 11 is 0. The molecule has 5 heterocycles. The molecule has 2 fully saturated rings. The summed E-state index contributed by atoms with van der Waals surface area (Å²) in [5, 5.41) is 27.5. The number of amides is 12. The smallest absolute Gasteiger partial charge is 0.243 e. The van der Waals surface area contributed by atoms with Crippen LogP contribution >= 0.6 is 0 Å². The van der Waals surface area contributed by atoms with Gasteiger partial charge in [-0.1, -0.05) is 96.0 Å². The molecule has 7 rings (SSSR count). The fourth-order valence-corrected chi connectivity index (χ4v) is 12.4. The van der Waals surface area contributed by atoms with Gasteiger partial charge in [0, 0.05) is 143 Å². The van der Waals surface area contributed by atoms with Crippen molar-refractivity contribution in [3.05, 3.63) is 103 Å². The Morgan fingerprint density at radius 2 is 1.13 bits per heavy atom. The molecule has 0 bridgehead atoms. The Hall–Kier alpha value is -10.0. The third kappa shape index (κ3) is 27.6. The minimum Gasteiger partial charge on any atom is -0.370 e. The van der Waals surface area contributed by atoms with Gasteiger partial charge in [0.2, 0.25) is 70.9 Å². The van der Waals surface area contributed by atoms with E-state index in [2.05, 4.69) is 87.9 Å². The van der Waals surface area contributed by atoms with Gasteiger partial charge < -0.3 is 84.4 Å². The van der Waals surface area contributed by atoms with E-state index in [9.17, 15) is 57.5 Å². The van der Waals surface area contributed by atoms with Gasteiger partial charge in [0.05, 0.1) is 19.4 Å². The van der Waals surface area contributed by atoms with Crippen molar-refractivity contribution < 1.29 is 74.6 Å². The van der Waals surface area contributed by atoms with Crippen molar-refractivity contribution in [3.63, 3.8) is 0 Å². The number of pyridine rings is 2. The van der Waals surface area contributed by atoms with E-state index < -0.39 is 120 Å². The first-order valence-electron chi connectivity index (χ1n) is 35.6. The number of aromatic nitrogens is 5. The monoisotopic (exact) mass is 1490 g/mol. The van der Waals surface area contributed by atoms with E-state index in [-0.39, 0.29) is 93.5 Å². The van der Waals surface area contributed by atoms with E-state index in [1.54, 1.807) is 50.6 Å². The molecule has 1 aromatic carbocycles. The number of fused-ring (bicyclic) bond motifs is 1. The zero-order valence-electron chi connectivity index (χ0n) is 59.6. The summed E-state index contributed by atoms with van der Waals surface area (Å²) in [7, 11) is 0. The van der Waals surface area contributed by atoms with E-state index in [1.807, 2.05) is 54.3 Å². The zero-order chi connectivity index (χ0) is 74.2. The van der Waals surface area contributed by atoms with E-state index in [1.165, 1.54) is 19.4 Å². The van der Waals surface area contributed by atoms with Gasteiger partial charge in [-0.15, -0.1) is 0 Å². The van der Waals surface area contributed by atoms with Crippen molar-refractivity contribution >= 4 is 93.4 Å². The van der Waals surface area contributed by atoms with Crippen LogP contribution in [0.4, 0.5) is 11.6 Å². The Labute approximate surface area is 616 Å². The molecule has 104 heavy (non-hydrogen) atoms. The number of hydrogen-bond acceptors (Lipinski definition) is 18. The average molecular weight is 1490 g/mol. The number of H-pyrrole nitrogens is 2. The number of aromatic amines is 2. The van der Waals surface area contributed by atoms with Crippen LogP contribution < -0.4 is 74.4 Å². The molecule has 1 unspecified atom stereocenters. The predicted octanol–water partition coefficient (Wildman–Crippen LogP) is -0.0978. The molecule has 7 atom stereocenters. The molecule has 0 spiro atoms. The minimum atomic E-state index is -1.41. The minimum absolute atomic E-state index is 0. The largest absolute Gasteiger partial charge is 0.370 e. The number of para-hydroxylation sites is 1. The number of nitrogens with zero attached hydrogens (tertiary/aromatic N) is 6. The van der Waals surface area contributed by atoms with Crippen LogP contribution in [-0.4, -0.2) is 208 Å². The number of unbranched alkanes of at least 4 members (excludes halogenated alkanes) is 1. The van der Waals surface area contributed by atoms with Gasteiger partial charge >= 0.3 is 0 Å².